The lowest BCUT2D eigenvalue weighted by molar-refractivity contribution is -0.115. The molecule has 170 valence electrons. The van der Waals surface area contributed by atoms with Crippen LogP contribution in [0.1, 0.15) is 64.0 Å². The van der Waals surface area contributed by atoms with Crippen LogP contribution in [-0.4, -0.2) is 29.6 Å². The summed E-state index contributed by atoms with van der Waals surface area (Å²) in [5, 5.41) is 9.26. The van der Waals surface area contributed by atoms with E-state index in [4.69, 9.17) is 10.1 Å². The molecule has 1 aliphatic carbocycles. The maximum Gasteiger partial charge on any atom is 0.337 e. The largest absolute Gasteiger partial charge is 0.465 e. The molecule has 1 aliphatic rings. The first-order chi connectivity index (χ1) is 15.8. The molecule has 2 N–H and O–H groups in total. The number of carbonyl (C=O) groups is 2. The lowest BCUT2D eigenvalue weighted by atomic mass is 9.86. The molecular weight excluding hydrogens is 419 g/mol. The number of ether oxygens (including phenoxy) is 1. The van der Waals surface area contributed by atoms with Crippen LogP contribution in [0.4, 0.5) is 4.39 Å². The van der Waals surface area contributed by atoms with Gasteiger partial charge in [0, 0.05) is 40.8 Å². The minimum absolute atomic E-state index is 0.0201. The number of H-pyrrole nitrogens is 1. The van der Waals surface area contributed by atoms with Gasteiger partial charge in [0.1, 0.15) is 5.82 Å². The van der Waals surface area contributed by atoms with Crippen LogP contribution in [0.15, 0.2) is 35.9 Å². The van der Waals surface area contributed by atoms with Gasteiger partial charge >= 0.3 is 5.97 Å². The first-order valence-corrected chi connectivity index (χ1v) is 11.1. The summed E-state index contributed by atoms with van der Waals surface area (Å²) in [5.41, 5.74) is 6.46. The number of carbonyl (C=O) groups excluding carboxylic acids is 2. The lowest BCUT2D eigenvalue weighted by Gasteiger charge is -2.17. The van der Waals surface area contributed by atoms with Crippen molar-refractivity contribution in [2.45, 2.75) is 46.0 Å². The minimum atomic E-state index is -0.445. The normalized spacial score (nSPS) is 13.1. The van der Waals surface area contributed by atoms with E-state index in [-0.39, 0.29) is 11.6 Å². The summed E-state index contributed by atoms with van der Waals surface area (Å²) < 4.78 is 18.9. The molecule has 0 saturated heterocycles. The summed E-state index contributed by atoms with van der Waals surface area (Å²) in [6, 6.07) is 8.32. The molecule has 5 nitrogen and oxygen atoms in total. The van der Waals surface area contributed by atoms with Crippen LogP contribution in [0, 0.1) is 25.1 Å². The predicted octanol–water partition coefficient (Wildman–Crippen LogP) is 5.85. The van der Waals surface area contributed by atoms with Gasteiger partial charge in [-0.2, -0.15) is 0 Å². The number of fused-ring (bicyclic) bond motifs is 2. The van der Waals surface area contributed by atoms with Crippen molar-refractivity contribution < 1.29 is 18.7 Å². The zero-order valence-corrected chi connectivity index (χ0v) is 19.1. The van der Waals surface area contributed by atoms with E-state index in [1.165, 1.54) is 13.2 Å². The van der Waals surface area contributed by atoms with Crippen molar-refractivity contribution in [3.63, 3.8) is 0 Å². The molecule has 0 unspecified atom stereocenters. The molecular formula is C27H27FN2O3. The fraction of sp³-hybridized carbons (Fsp3) is 0.296. The Morgan fingerprint density at radius 2 is 1.94 bits per heavy atom. The molecule has 6 heteroatoms. The van der Waals surface area contributed by atoms with Gasteiger partial charge in [0.05, 0.1) is 18.2 Å². The van der Waals surface area contributed by atoms with Crippen molar-refractivity contribution in [3.05, 3.63) is 75.2 Å². The molecule has 0 radical (unpaired) electrons. The molecule has 0 bridgehead atoms. The average Bonchev–Trinajstić information content (AvgIpc) is 3.15. The van der Waals surface area contributed by atoms with Crippen LogP contribution in [-0.2, 0) is 16.0 Å². The third kappa shape index (κ3) is 4.38. The Morgan fingerprint density at radius 1 is 1.15 bits per heavy atom. The van der Waals surface area contributed by atoms with Gasteiger partial charge in [-0.1, -0.05) is 12.1 Å². The number of halogens is 1. The number of aromatic nitrogens is 1. The highest BCUT2D eigenvalue weighted by molar-refractivity contribution is 6.14. The van der Waals surface area contributed by atoms with Crippen LogP contribution in [0.3, 0.4) is 0 Å². The molecule has 2 aromatic carbocycles. The predicted molar refractivity (Wildman–Crippen MR) is 127 cm³/mol. The summed E-state index contributed by atoms with van der Waals surface area (Å²) in [5.74, 6) is -0.673. The molecule has 1 heterocycles. The van der Waals surface area contributed by atoms with Gasteiger partial charge < -0.3 is 15.1 Å². The Labute approximate surface area is 192 Å². The third-order valence-electron chi connectivity index (χ3n) is 6.36. The zero-order valence-electron chi connectivity index (χ0n) is 19.1. The number of benzene rings is 2. The number of allylic oxidation sites excluding steroid dienone is 1. The number of nitrogens with one attached hydrogen (secondary N) is 2. The van der Waals surface area contributed by atoms with Crippen LogP contribution in [0.2, 0.25) is 0 Å². The standard InChI is InChI=1S/C27H27FN2O3/c1-15-8-11-22(28)26-25(15)20(16(2)30-26)6-4-5-7-24(31)19-13-18-12-17(27(32)33-3)9-10-21(18)23(29)14-19/h8-13,29-30H,4-7,14H2,1-3H3. The maximum absolute atomic E-state index is 14.2. The van der Waals surface area contributed by atoms with Gasteiger partial charge in [0.25, 0.3) is 0 Å². The lowest BCUT2D eigenvalue weighted by Crippen LogP contribution is -2.15. The number of aromatic amines is 1. The molecule has 1 aromatic heterocycles. The summed E-state index contributed by atoms with van der Waals surface area (Å²) in [7, 11) is 1.32. The van der Waals surface area contributed by atoms with E-state index in [0.29, 0.717) is 47.2 Å². The smallest absolute Gasteiger partial charge is 0.337 e. The number of aryl methyl sites for hydroxylation is 3. The van der Waals surface area contributed by atoms with Gasteiger partial charge in [-0.05, 0) is 74.1 Å². The highest BCUT2D eigenvalue weighted by atomic mass is 19.1. The number of unbranched alkanes of at least 4 members (excludes halogenated alkanes) is 1. The van der Waals surface area contributed by atoms with Crippen LogP contribution in [0.25, 0.3) is 17.0 Å². The Hall–Kier alpha value is -3.54. The highest BCUT2D eigenvalue weighted by Gasteiger charge is 2.21. The number of esters is 1. The van der Waals surface area contributed by atoms with E-state index < -0.39 is 5.97 Å². The molecule has 0 atom stereocenters. The van der Waals surface area contributed by atoms with Gasteiger partial charge in [-0.15, -0.1) is 0 Å². The first-order valence-electron chi connectivity index (χ1n) is 11.1. The van der Waals surface area contributed by atoms with E-state index in [0.717, 1.165) is 40.6 Å². The van der Waals surface area contributed by atoms with Gasteiger partial charge in [-0.3, -0.25) is 4.79 Å². The Bertz CT molecular complexity index is 1320. The number of hydrogen-bond acceptors (Lipinski definition) is 4. The second kappa shape index (κ2) is 9.14. The van der Waals surface area contributed by atoms with Crippen molar-refractivity contribution in [1.29, 1.82) is 5.41 Å². The Morgan fingerprint density at radius 3 is 2.70 bits per heavy atom. The van der Waals surface area contributed by atoms with Crippen molar-refractivity contribution in [3.8, 4) is 0 Å². The number of hydrogen-bond donors (Lipinski definition) is 2. The molecule has 0 saturated carbocycles. The molecule has 3 aromatic rings. The summed E-state index contributed by atoms with van der Waals surface area (Å²) >= 11 is 0. The van der Waals surface area contributed by atoms with E-state index in [1.807, 2.05) is 13.8 Å². The SMILES string of the molecule is COC(=O)c1ccc2c(c1)C=C(C(=O)CCCCc1c(C)[nH]c3c(F)ccc(C)c13)CC2=N. The quantitative estimate of drug-likeness (QED) is 0.353. The average molecular weight is 447 g/mol. The van der Waals surface area contributed by atoms with Crippen molar-refractivity contribution in [1.82, 2.24) is 4.98 Å². The molecule has 0 aliphatic heterocycles. The zero-order chi connectivity index (χ0) is 23.7. The van der Waals surface area contributed by atoms with Crippen LogP contribution >= 0.6 is 0 Å². The van der Waals surface area contributed by atoms with Gasteiger partial charge in [0.2, 0.25) is 0 Å². The van der Waals surface area contributed by atoms with Gasteiger partial charge in [-0.25, -0.2) is 9.18 Å². The van der Waals surface area contributed by atoms with Crippen LogP contribution < -0.4 is 0 Å². The Kier molecular flexibility index (Phi) is 6.27. The van der Waals surface area contributed by atoms with Gasteiger partial charge in [0.15, 0.2) is 5.78 Å². The number of ketones is 1. The van der Waals surface area contributed by atoms with E-state index in [9.17, 15) is 14.0 Å². The van der Waals surface area contributed by atoms with Crippen molar-refractivity contribution in [2.24, 2.45) is 0 Å². The van der Waals surface area contributed by atoms with E-state index in [2.05, 4.69) is 4.98 Å². The summed E-state index contributed by atoms with van der Waals surface area (Å²) in [6.45, 7) is 3.94. The fourth-order valence-corrected chi connectivity index (χ4v) is 4.61. The first kappa shape index (κ1) is 22.6. The second-order valence-electron chi connectivity index (χ2n) is 8.59. The summed E-state index contributed by atoms with van der Waals surface area (Å²) in [6.07, 6.45) is 4.76. The second-order valence-corrected chi connectivity index (χ2v) is 8.59. The van der Waals surface area contributed by atoms with Crippen molar-refractivity contribution in [2.75, 3.05) is 7.11 Å². The number of methoxy groups -OCH3 is 1. The number of Topliss-reactive ketones (excluding diaryl/α,β-unsaturated/α-hetero) is 1. The van der Waals surface area contributed by atoms with Crippen molar-refractivity contribution >= 4 is 34.4 Å². The van der Waals surface area contributed by atoms with Crippen LogP contribution in [0.5, 0.6) is 0 Å². The fourth-order valence-electron chi connectivity index (χ4n) is 4.61. The van der Waals surface area contributed by atoms with E-state index in [1.54, 1.807) is 30.3 Å². The monoisotopic (exact) mass is 446 g/mol. The highest BCUT2D eigenvalue weighted by Crippen LogP contribution is 2.30. The molecule has 33 heavy (non-hydrogen) atoms. The maximum atomic E-state index is 14.2. The molecule has 0 fully saturated rings. The molecule has 0 amide bonds. The summed E-state index contributed by atoms with van der Waals surface area (Å²) in [4.78, 5) is 27.8. The Balaban J connectivity index is 1.43. The molecule has 0 spiro atoms. The third-order valence-corrected chi connectivity index (χ3v) is 6.36. The number of rotatable bonds is 7. The van der Waals surface area contributed by atoms with E-state index >= 15 is 0 Å². The minimum Gasteiger partial charge on any atom is -0.465 e. The molecule has 4 rings (SSSR count). The topological polar surface area (TPSA) is 83.0 Å².